The maximum Gasteiger partial charge on any atom is 0.342 e. The van der Waals surface area contributed by atoms with Crippen LogP contribution in [0.3, 0.4) is 0 Å². The van der Waals surface area contributed by atoms with Crippen LogP contribution >= 0.6 is 11.6 Å². The Balaban J connectivity index is 1.65. The molecule has 2 heterocycles. The molecule has 2 aromatic heterocycles. The van der Waals surface area contributed by atoms with Crippen LogP contribution in [0.25, 0.3) is 16.8 Å². The van der Waals surface area contributed by atoms with Crippen molar-refractivity contribution >= 4 is 50.8 Å². The van der Waals surface area contributed by atoms with Crippen molar-refractivity contribution in [2.24, 2.45) is 28.6 Å². The van der Waals surface area contributed by atoms with Crippen LogP contribution < -0.4 is 20.7 Å². The first-order valence-electron chi connectivity index (χ1n) is 16.3. The Morgan fingerprint density at radius 3 is 2.06 bits per heavy atom. The molecule has 0 radical (unpaired) electrons. The van der Waals surface area contributed by atoms with E-state index >= 15 is 4.39 Å². The third-order valence-corrected chi connectivity index (χ3v) is 10.7. The fourth-order valence-corrected chi connectivity index (χ4v) is 7.95. The van der Waals surface area contributed by atoms with Gasteiger partial charge < -0.3 is 15.5 Å². The van der Waals surface area contributed by atoms with Gasteiger partial charge >= 0.3 is 16.2 Å². The number of carbonyl (C=O) groups is 2. The van der Waals surface area contributed by atoms with E-state index in [0.717, 1.165) is 12.8 Å². The summed E-state index contributed by atoms with van der Waals surface area (Å²) in [4.78, 5) is 44.3. The highest BCUT2D eigenvalue weighted by atomic mass is 35.5. The largest absolute Gasteiger partial charge is 0.458 e. The highest BCUT2D eigenvalue weighted by molar-refractivity contribution is 7.91. The first-order chi connectivity index (χ1) is 23.2. The van der Waals surface area contributed by atoms with E-state index in [1.54, 1.807) is 22.9 Å². The summed E-state index contributed by atoms with van der Waals surface area (Å²) in [5.41, 5.74) is 2.92. The number of nitrogens with zero attached hydrogens (tertiary/aromatic N) is 1. The summed E-state index contributed by atoms with van der Waals surface area (Å²) in [7, 11) is -4.55. The van der Waals surface area contributed by atoms with Gasteiger partial charge in [0.05, 0.1) is 11.3 Å². The van der Waals surface area contributed by atoms with Crippen molar-refractivity contribution in [2.75, 3.05) is 10.5 Å². The lowest BCUT2D eigenvalue weighted by Crippen LogP contribution is -2.49. The number of ether oxygens (including phenoxy) is 1. The van der Waals surface area contributed by atoms with Gasteiger partial charge in [-0.15, -0.1) is 0 Å². The number of rotatable bonds is 7. The van der Waals surface area contributed by atoms with Crippen molar-refractivity contribution < 1.29 is 27.1 Å². The normalized spacial score (nSPS) is 20.0. The number of esters is 1. The highest BCUT2D eigenvalue weighted by Gasteiger charge is 2.48. The zero-order chi connectivity index (χ0) is 36.9. The maximum atomic E-state index is 16.7. The second-order valence-corrected chi connectivity index (χ2v) is 17.1. The zero-order valence-corrected chi connectivity index (χ0v) is 30.6. The van der Waals surface area contributed by atoms with Crippen LogP contribution in [0.5, 0.6) is 0 Å². The van der Waals surface area contributed by atoms with Gasteiger partial charge in [-0.05, 0) is 59.4 Å². The lowest BCUT2D eigenvalue weighted by molar-refractivity contribution is -0.0922. The average molecular weight is 728 g/mol. The topological polar surface area (TPSA) is 165 Å². The predicted molar refractivity (Wildman–Crippen MR) is 193 cm³/mol. The molecule has 2 unspecified atom stereocenters. The number of aromatic nitrogens is 2. The molecular weight excluding hydrogens is 685 g/mol. The molecule has 0 spiro atoms. The first kappa shape index (κ1) is 36.9. The van der Waals surface area contributed by atoms with Gasteiger partial charge in [0.25, 0.3) is 11.5 Å². The number of halogens is 2. The molecule has 1 aliphatic carbocycles. The van der Waals surface area contributed by atoms with E-state index < -0.39 is 51.1 Å². The molecule has 0 saturated heterocycles. The summed E-state index contributed by atoms with van der Waals surface area (Å²) >= 11 is 6.12. The fraction of sp³-hybridized carbons (Fsp3) is 0.417. The molecule has 0 aliphatic heterocycles. The standard InChI is InChI=1S/C36H43ClFN5O6S/c1-19-17-23(35(2,3)4)28(24(18-19)36(5,6)7)49-34(46)26-25(20-13-15-21(37)16-14-20)29(38)43-31(26)40-30(39)27(33(43)45)32(44)42-50(47,48)41-22-11-9-8-10-12-22/h8-16,19,23-24,28,40-41H,17-18,39H2,1-7H3,(H,42,44). The Hall–Kier alpha value is -4.36. The van der Waals surface area contributed by atoms with Crippen LogP contribution in [-0.4, -0.2) is 35.8 Å². The molecule has 1 saturated carbocycles. The molecule has 5 rings (SSSR count). The molecule has 14 heteroatoms. The first-order valence-corrected chi connectivity index (χ1v) is 18.2. The van der Waals surface area contributed by atoms with E-state index in [2.05, 4.69) is 58.2 Å². The number of H-pyrrole nitrogens is 1. The summed E-state index contributed by atoms with van der Waals surface area (Å²) in [6, 6.07) is 13.7. The minimum atomic E-state index is -4.55. The number of amides is 1. The van der Waals surface area contributed by atoms with Crippen LogP contribution in [-0.2, 0) is 14.9 Å². The van der Waals surface area contributed by atoms with Gasteiger partial charge in [0.2, 0.25) is 5.95 Å². The molecule has 0 bridgehead atoms. The van der Waals surface area contributed by atoms with Crippen LogP contribution in [0.1, 0.15) is 82.0 Å². The molecule has 2 atom stereocenters. The Morgan fingerprint density at radius 1 is 0.960 bits per heavy atom. The summed E-state index contributed by atoms with van der Waals surface area (Å²) in [5.74, 6) is -3.78. The number of anilines is 2. The Morgan fingerprint density at radius 2 is 1.52 bits per heavy atom. The van der Waals surface area contributed by atoms with Crippen molar-refractivity contribution in [1.82, 2.24) is 14.1 Å². The third-order valence-electron chi connectivity index (χ3n) is 9.44. The van der Waals surface area contributed by atoms with Crippen molar-refractivity contribution in [3.63, 3.8) is 0 Å². The van der Waals surface area contributed by atoms with Crippen molar-refractivity contribution in [3.05, 3.63) is 87.0 Å². The van der Waals surface area contributed by atoms with E-state index in [9.17, 15) is 22.8 Å². The quantitative estimate of drug-likeness (QED) is 0.148. The second kappa shape index (κ2) is 13.4. The van der Waals surface area contributed by atoms with Gasteiger partial charge in [0, 0.05) is 16.9 Å². The monoisotopic (exact) mass is 727 g/mol. The van der Waals surface area contributed by atoms with Crippen LogP contribution in [0.15, 0.2) is 59.4 Å². The number of hydrogen-bond donors (Lipinski definition) is 4. The molecule has 1 aliphatic rings. The smallest absolute Gasteiger partial charge is 0.342 e. The van der Waals surface area contributed by atoms with Gasteiger partial charge in [0.1, 0.15) is 28.7 Å². The van der Waals surface area contributed by atoms with E-state index in [-0.39, 0.29) is 50.7 Å². The van der Waals surface area contributed by atoms with Crippen molar-refractivity contribution in [1.29, 1.82) is 0 Å². The number of carbonyl (C=O) groups excluding carboxylic acids is 2. The molecule has 2 aromatic carbocycles. The number of hydrogen-bond acceptors (Lipinski definition) is 7. The SMILES string of the molecule is CC1CC(C(C)(C)C)C(OC(=O)c2c(-c3ccc(Cl)cc3)c(F)n3c(=O)c(C(=O)NS(=O)(=O)Nc4ccccc4)c(N)[nH]c23)C(C(C)(C)C)C1. The fourth-order valence-electron chi connectivity index (χ4n) is 6.98. The Kier molecular flexibility index (Phi) is 9.89. The summed E-state index contributed by atoms with van der Waals surface area (Å²) in [6.45, 7) is 14.8. The van der Waals surface area contributed by atoms with Gasteiger partial charge in [-0.25, -0.2) is 13.9 Å². The lowest BCUT2D eigenvalue weighted by Gasteiger charge is -2.50. The van der Waals surface area contributed by atoms with E-state index in [1.807, 2.05) is 0 Å². The zero-order valence-electron chi connectivity index (χ0n) is 29.1. The maximum absolute atomic E-state index is 16.7. The lowest BCUT2D eigenvalue weighted by atomic mass is 9.59. The second-order valence-electron chi connectivity index (χ2n) is 15.2. The molecular formula is C36H43ClFN5O6S. The molecule has 1 amide bonds. The molecule has 4 aromatic rings. The Labute approximate surface area is 295 Å². The van der Waals surface area contributed by atoms with Gasteiger partial charge in [-0.3, -0.25) is 14.3 Å². The number of nitrogens with one attached hydrogen (secondary N) is 3. The Bertz CT molecular complexity index is 2080. The number of nitrogen functional groups attached to an aromatic ring is 1. The summed E-state index contributed by atoms with van der Waals surface area (Å²) < 4.78 is 53.0. The number of fused-ring (bicyclic) bond motifs is 1. The van der Waals surface area contributed by atoms with Gasteiger partial charge in [0.15, 0.2) is 0 Å². The van der Waals surface area contributed by atoms with Crippen molar-refractivity contribution in [2.45, 2.75) is 67.4 Å². The van der Waals surface area contributed by atoms with Crippen LogP contribution in [0.4, 0.5) is 15.9 Å². The molecule has 1 fully saturated rings. The molecule has 11 nitrogen and oxygen atoms in total. The average Bonchev–Trinajstić information content (AvgIpc) is 3.28. The molecule has 50 heavy (non-hydrogen) atoms. The van der Waals surface area contributed by atoms with Crippen molar-refractivity contribution in [3.8, 4) is 11.1 Å². The number of benzene rings is 2. The number of nitrogens with two attached hydrogens (primary N) is 1. The number of para-hydroxylation sites is 1. The third kappa shape index (κ3) is 7.39. The van der Waals surface area contributed by atoms with Gasteiger partial charge in [-0.2, -0.15) is 12.8 Å². The van der Waals surface area contributed by atoms with Gasteiger partial charge in [-0.1, -0.05) is 90.4 Å². The van der Waals surface area contributed by atoms with E-state index in [4.69, 9.17) is 22.1 Å². The molecule has 268 valence electrons. The van der Waals surface area contributed by atoms with Crippen LogP contribution in [0, 0.1) is 34.5 Å². The minimum absolute atomic E-state index is 0.0389. The van der Waals surface area contributed by atoms with E-state index in [0.29, 0.717) is 15.3 Å². The predicted octanol–water partition coefficient (Wildman–Crippen LogP) is 7.04. The number of aromatic amines is 1. The van der Waals surface area contributed by atoms with E-state index in [1.165, 1.54) is 36.4 Å². The minimum Gasteiger partial charge on any atom is -0.458 e. The highest BCUT2D eigenvalue weighted by Crippen LogP contribution is 2.50. The summed E-state index contributed by atoms with van der Waals surface area (Å²) in [6.07, 6.45) is 1.08. The summed E-state index contributed by atoms with van der Waals surface area (Å²) in [5, 5.41) is 0.351. The van der Waals surface area contributed by atoms with Crippen LogP contribution in [0.2, 0.25) is 5.02 Å². The molecule has 5 N–H and O–H groups in total.